The molecule has 20 heavy (non-hydrogen) atoms. The molecule has 2 rings (SSSR count). The number of carbonyl (C=O) groups excluding carboxylic acids is 1. The number of anilines is 1. The van der Waals surface area contributed by atoms with Crippen LogP contribution in [0.1, 0.15) is 36.0 Å². The molecule has 0 saturated heterocycles. The van der Waals surface area contributed by atoms with Crippen LogP contribution in [-0.2, 0) is 0 Å². The summed E-state index contributed by atoms with van der Waals surface area (Å²) in [6.07, 6.45) is 3.58. The lowest BCUT2D eigenvalue weighted by molar-refractivity contribution is 0.0910. The molecule has 1 amide bonds. The highest BCUT2D eigenvalue weighted by atomic mass is 16.3. The molecule has 0 atom stereocenters. The van der Waals surface area contributed by atoms with Gasteiger partial charge in [0.2, 0.25) is 0 Å². The van der Waals surface area contributed by atoms with Crippen LogP contribution in [0.25, 0.3) is 0 Å². The Morgan fingerprint density at radius 2 is 1.80 bits per heavy atom. The fourth-order valence-corrected chi connectivity index (χ4v) is 2.60. The predicted octanol–water partition coefficient (Wildman–Crippen LogP) is 2.03. The van der Waals surface area contributed by atoms with E-state index in [2.05, 4.69) is 5.32 Å². The van der Waals surface area contributed by atoms with Crippen molar-refractivity contribution in [2.75, 3.05) is 25.5 Å². The molecule has 0 radical (unpaired) electrons. The van der Waals surface area contributed by atoms with Gasteiger partial charge in [0.05, 0.1) is 6.10 Å². The average molecular weight is 276 g/mol. The maximum absolute atomic E-state index is 12.1. The van der Waals surface area contributed by atoms with E-state index in [0.29, 0.717) is 18.0 Å². The molecule has 2 N–H and O–H groups in total. The van der Waals surface area contributed by atoms with Gasteiger partial charge in [0.25, 0.3) is 5.91 Å². The Kier molecular flexibility index (Phi) is 5.01. The van der Waals surface area contributed by atoms with Crippen molar-refractivity contribution in [3.8, 4) is 0 Å². The third-order valence-electron chi connectivity index (χ3n) is 4.01. The van der Waals surface area contributed by atoms with E-state index in [0.717, 1.165) is 31.4 Å². The summed E-state index contributed by atoms with van der Waals surface area (Å²) in [7, 11) is 3.96. The minimum Gasteiger partial charge on any atom is -0.393 e. The maximum atomic E-state index is 12.1. The fraction of sp³-hybridized carbons (Fsp3) is 0.562. The van der Waals surface area contributed by atoms with Crippen LogP contribution in [0.2, 0.25) is 0 Å². The lowest BCUT2D eigenvalue weighted by Gasteiger charge is -2.25. The predicted molar refractivity (Wildman–Crippen MR) is 81.1 cm³/mol. The normalized spacial score (nSPS) is 22.4. The summed E-state index contributed by atoms with van der Waals surface area (Å²) in [4.78, 5) is 14.1. The molecule has 4 heteroatoms. The van der Waals surface area contributed by atoms with Crippen LogP contribution < -0.4 is 10.2 Å². The third kappa shape index (κ3) is 3.97. The molecule has 0 bridgehead atoms. The molecule has 1 saturated carbocycles. The Balaban J connectivity index is 1.82. The van der Waals surface area contributed by atoms with Gasteiger partial charge in [0.15, 0.2) is 0 Å². The first-order valence-electron chi connectivity index (χ1n) is 7.30. The molecule has 0 aliphatic heterocycles. The Morgan fingerprint density at radius 1 is 1.20 bits per heavy atom. The highest BCUT2D eigenvalue weighted by molar-refractivity contribution is 5.94. The van der Waals surface area contributed by atoms with E-state index in [1.807, 2.05) is 43.3 Å². The largest absolute Gasteiger partial charge is 0.393 e. The van der Waals surface area contributed by atoms with Crippen molar-refractivity contribution < 1.29 is 9.90 Å². The first-order chi connectivity index (χ1) is 9.56. The van der Waals surface area contributed by atoms with Gasteiger partial charge in [-0.05, 0) is 55.9 Å². The minimum absolute atomic E-state index is 0.0126. The van der Waals surface area contributed by atoms with Crippen LogP contribution in [0, 0.1) is 5.92 Å². The van der Waals surface area contributed by atoms with Crippen LogP contribution >= 0.6 is 0 Å². The number of hydrogen-bond donors (Lipinski definition) is 2. The molecule has 0 spiro atoms. The fourth-order valence-electron chi connectivity index (χ4n) is 2.60. The van der Waals surface area contributed by atoms with Gasteiger partial charge in [-0.1, -0.05) is 0 Å². The first-order valence-corrected chi connectivity index (χ1v) is 7.30. The number of benzene rings is 1. The zero-order valence-corrected chi connectivity index (χ0v) is 12.3. The van der Waals surface area contributed by atoms with Crippen molar-refractivity contribution in [1.29, 1.82) is 0 Å². The van der Waals surface area contributed by atoms with Crippen molar-refractivity contribution >= 4 is 11.6 Å². The van der Waals surface area contributed by atoms with E-state index in [4.69, 9.17) is 0 Å². The topological polar surface area (TPSA) is 52.6 Å². The second kappa shape index (κ2) is 6.75. The number of hydrogen-bond acceptors (Lipinski definition) is 3. The molecule has 4 nitrogen and oxygen atoms in total. The standard InChI is InChI=1S/C16H24N2O2/c1-18(2)14-7-5-13(6-8-14)16(20)17-11-12-3-9-15(19)10-4-12/h5-8,12,15,19H,3-4,9-11H2,1-2H3,(H,17,20). The zero-order chi connectivity index (χ0) is 14.5. The number of aliphatic hydroxyl groups excluding tert-OH is 1. The molecule has 110 valence electrons. The van der Waals surface area contributed by atoms with E-state index in [-0.39, 0.29) is 12.0 Å². The molecule has 0 aromatic heterocycles. The molecular weight excluding hydrogens is 252 g/mol. The van der Waals surface area contributed by atoms with Gasteiger partial charge >= 0.3 is 0 Å². The quantitative estimate of drug-likeness (QED) is 0.885. The molecule has 1 aliphatic carbocycles. The summed E-state index contributed by atoms with van der Waals surface area (Å²) in [6, 6.07) is 7.61. The SMILES string of the molecule is CN(C)c1ccc(C(=O)NCC2CCC(O)CC2)cc1. The molecule has 1 aromatic carbocycles. The van der Waals surface area contributed by atoms with Crippen LogP contribution in [0.5, 0.6) is 0 Å². The van der Waals surface area contributed by atoms with Gasteiger partial charge in [-0.3, -0.25) is 4.79 Å². The Bertz CT molecular complexity index is 434. The highest BCUT2D eigenvalue weighted by Crippen LogP contribution is 2.23. The van der Waals surface area contributed by atoms with Crippen molar-refractivity contribution in [1.82, 2.24) is 5.32 Å². The molecule has 1 aromatic rings. The first kappa shape index (κ1) is 14.9. The lowest BCUT2D eigenvalue weighted by atomic mass is 9.87. The van der Waals surface area contributed by atoms with Crippen molar-refractivity contribution in [2.45, 2.75) is 31.8 Å². The van der Waals surface area contributed by atoms with Gasteiger partial charge in [-0.2, -0.15) is 0 Å². The van der Waals surface area contributed by atoms with Gasteiger partial charge in [-0.15, -0.1) is 0 Å². The summed E-state index contributed by atoms with van der Waals surface area (Å²) < 4.78 is 0. The Hall–Kier alpha value is -1.55. The van der Waals surface area contributed by atoms with E-state index in [1.165, 1.54) is 0 Å². The maximum Gasteiger partial charge on any atom is 0.251 e. The second-order valence-electron chi connectivity index (χ2n) is 5.83. The molecule has 1 aliphatic rings. The number of aliphatic hydroxyl groups is 1. The van der Waals surface area contributed by atoms with Crippen molar-refractivity contribution in [3.63, 3.8) is 0 Å². The van der Waals surface area contributed by atoms with E-state index < -0.39 is 0 Å². The monoisotopic (exact) mass is 276 g/mol. The number of carbonyl (C=O) groups is 1. The summed E-state index contributed by atoms with van der Waals surface area (Å²) in [5.41, 5.74) is 1.79. The number of nitrogens with zero attached hydrogens (tertiary/aromatic N) is 1. The smallest absolute Gasteiger partial charge is 0.251 e. The van der Waals surface area contributed by atoms with Crippen LogP contribution in [-0.4, -0.2) is 37.8 Å². The summed E-state index contributed by atoms with van der Waals surface area (Å²) in [5.74, 6) is 0.491. The van der Waals surface area contributed by atoms with E-state index in [1.54, 1.807) is 0 Å². The van der Waals surface area contributed by atoms with Crippen molar-refractivity contribution in [3.05, 3.63) is 29.8 Å². The summed E-state index contributed by atoms with van der Waals surface area (Å²) in [5, 5.41) is 12.5. The average Bonchev–Trinajstić information content (AvgIpc) is 2.46. The molecule has 0 unspecified atom stereocenters. The zero-order valence-electron chi connectivity index (χ0n) is 12.3. The Morgan fingerprint density at radius 3 is 2.35 bits per heavy atom. The van der Waals surface area contributed by atoms with Gasteiger partial charge in [-0.25, -0.2) is 0 Å². The summed E-state index contributed by atoms with van der Waals surface area (Å²) >= 11 is 0. The molecule has 1 fully saturated rings. The van der Waals surface area contributed by atoms with E-state index in [9.17, 15) is 9.90 Å². The summed E-state index contributed by atoms with van der Waals surface area (Å²) in [6.45, 7) is 0.709. The Labute approximate surface area is 120 Å². The van der Waals surface area contributed by atoms with Gasteiger partial charge < -0.3 is 15.3 Å². The van der Waals surface area contributed by atoms with Crippen molar-refractivity contribution in [2.24, 2.45) is 5.92 Å². The van der Waals surface area contributed by atoms with Crippen LogP contribution in [0.4, 0.5) is 5.69 Å². The molecular formula is C16H24N2O2. The van der Waals surface area contributed by atoms with Crippen LogP contribution in [0.3, 0.4) is 0 Å². The lowest BCUT2D eigenvalue weighted by Crippen LogP contribution is -2.32. The third-order valence-corrected chi connectivity index (χ3v) is 4.01. The van der Waals surface area contributed by atoms with E-state index >= 15 is 0 Å². The van der Waals surface area contributed by atoms with Gasteiger partial charge in [0.1, 0.15) is 0 Å². The minimum atomic E-state index is -0.138. The highest BCUT2D eigenvalue weighted by Gasteiger charge is 2.19. The number of amides is 1. The number of nitrogens with one attached hydrogen (secondary N) is 1. The molecule has 0 heterocycles. The second-order valence-corrected chi connectivity index (χ2v) is 5.83. The van der Waals surface area contributed by atoms with Crippen LogP contribution in [0.15, 0.2) is 24.3 Å². The van der Waals surface area contributed by atoms with Gasteiger partial charge in [0, 0.05) is 31.9 Å². The number of rotatable bonds is 4.